The quantitative estimate of drug-likeness (QED) is 0.790. The van der Waals surface area contributed by atoms with Crippen LogP contribution in [-0.2, 0) is 17.8 Å². The molecule has 1 aromatic rings. The average Bonchev–Trinajstić information content (AvgIpc) is 2.42. The van der Waals surface area contributed by atoms with Gasteiger partial charge in [-0.05, 0) is 23.6 Å². The molecule has 0 saturated carbocycles. The van der Waals surface area contributed by atoms with Crippen LogP contribution in [0.25, 0.3) is 0 Å². The van der Waals surface area contributed by atoms with Crippen LogP contribution in [-0.4, -0.2) is 25.6 Å². The van der Waals surface area contributed by atoms with Crippen LogP contribution in [0.1, 0.15) is 31.9 Å². The van der Waals surface area contributed by atoms with E-state index in [0.29, 0.717) is 19.1 Å². The molecule has 0 atom stereocenters. The van der Waals surface area contributed by atoms with E-state index in [9.17, 15) is 4.79 Å². The Hall–Kier alpha value is -1.55. The lowest BCUT2D eigenvalue weighted by molar-refractivity contribution is -0.120. The molecule has 0 aromatic heterocycles. The zero-order valence-electron chi connectivity index (χ0n) is 12.2. The normalized spacial score (nSPS) is 10.6. The Morgan fingerprint density at radius 3 is 2.68 bits per heavy atom. The highest BCUT2D eigenvalue weighted by molar-refractivity contribution is 5.78. The Morgan fingerprint density at radius 1 is 1.37 bits per heavy atom. The number of methoxy groups -OCH3 is 1. The highest BCUT2D eigenvalue weighted by Gasteiger charge is 2.05. The molecular weight excluding hydrogens is 240 g/mol. The molecule has 19 heavy (non-hydrogen) atoms. The molecule has 4 nitrogen and oxygen atoms in total. The Labute approximate surface area is 115 Å². The summed E-state index contributed by atoms with van der Waals surface area (Å²) in [6.45, 7) is 7.03. The van der Waals surface area contributed by atoms with Gasteiger partial charge in [-0.15, -0.1) is 0 Å². The van der Waals surface area contributed by atoms with Crippen molar-refractivity contribution in [3.8, 4) is 5.75 Å². The third-order valence-corrected chi connectivity index (χ3v) is 2.89. The topological polar surface area (TPSA) is 50.4 Å². The van der Waals surface area contributed by atoms with Gasteiger partial charge in [-0.3, -0.25) is 4.79 Å². The maximum atomic E-state index is 11.6. The molecule has 0 aliphatic rings. The van der Waals surface area contributed by atoms with Gasteiger partial charge in [0.1, 0.15) is 5.75 Å². The molecule has 0 fully saturated rings. The molecule has 0 aliphatic heterocycles. The van der Waals surface area contributed by atoms with Gasteiger partial charge in [-0.1, -0.05) is 32.9 Å². The Kier molecular flexibility index (Phi) is 6.36. The van der Waals surface area contributed by atoms with Crippen molar-refractivity contribution in [1.29, 1.82) is 0 Å². The van der Waals surface area contributed by atoms with E-state index in [1.165, 1.54) is 0 Å². The van der Waals surface area contributed by atoms with E-state index in [4.69, 9.17) is 4.74 Å². The van der Waals surface area contributed by atoms with E-state index in [2.05, 4.69) is 23.6 Å². The molecule has 1 rings (SSSR count). The average molecular weight is 264 g/mol. The second-order valence-electron chi connectivity index (χ2n) is 4.81. The minimum absolute atomic E-state index is 0.0163. The molecule has 0 saturated heterocycles. The lowest BCUT2D eigenvalue weighted by atomic mass is 10.1. The summed E-state index contributed by atoms with van der Waals surface area (Å²) in [6, 6.07) is 6.33. The largest absolute Gasteiger partial charge is 0.496 e. The molecule has 0 heterocycles. The molecule has 0 unspecified atom stereocenters. The molecule has 0 spiro atoms. The van der Waals surface area contributed by atoms with Crippen molar-refractivity contribution in [2.24, 2.45) is 0 Å². The standard InChI is InChI=1S/C15H24N2O2/c1-5-13-8-12(6-7-14(13)19-4)9-17-15(18)10-16-11(2)3/h6-8,11,16H,5,9-10H2,1-4H3,(H,17,18). The van der Waals surface area contributed by atoms with Crippen molar-refractivity contribution in [2.45, 2.75) is 39.8 Å². The lowest BCUT2D eigenvalue weighted by Crippen LogP contribution is -2.36. The van der Waals surface area contributed by atoms with Crippen LogP contribution >= 0.6 is 0 Å². The van der Waals surface area contributed by atoms with Crippen molar-refractivity contribution in [3.63, 3.8) is 0 Å². The van der Waals surface area contributed by atoms with Gasteiger partial charge in [0.2, 0.25) is 5.91 Å². The molecule has 1 amide bonds. The fraction of sp³-hybridized carbons (Fsp3) is 0.533. The van der Waals surface area contributed by atoms with E-state index >= 15 is 0 Å². The van der Waals surface area contributed by atoms with Gasteiger partial charge >= 0.3 is 0 Å². The molecule has 2 N–H and O–H groups in total. The highest BCUT2D eigenvalue weighted by atomic mass is 16.5. The third kappa shape index (κ3) is 5.30. The number of carbonyl (C=O) groups is 1. The second kappa shape index (κ2) is 7.79. The molecule has 4 heteroatoms. The molecular formula is C15H24N2O2. The number of rotatable bonds is 7. The molecule has 1 aromatic carbocycles. The summed E-state index contributed by atoms with van der Waals surface area (Å²) in [4.78, 5) is 11.6. The minimum Gasteiger partial charge on any atom is -0.496 e. The second-order valence-corrected chi connectivity index (χ2v) is 4.81. The maximum absolute atomic E-state index is 11.6. The number of ether oxygens (including phenoxy) is 1. The van der Waals surface area contributed by atoms with Gasteiger partial charge < -0.3 is 15.4 Å². The van der Waals surface area contributed by atoms with Crippen LogP contribution in [0.4, 0.5) is 0 Å². The van der Waals surface area contributed by atoms with E-state index in [-0.39, 0.29) is 5.91 Å². The van der Waals surface area contributed by atoms with Crippen molar-refractivity contribution in [1.82, 2.24) is 10.6 Å². The highest BCUT2D eigenvalue weighted by Crippen LogP contribution is 2.20. The summed E-state index contributed by atoms with van der Waals surface area (Å²) >= 11 is 0. The van der Waals surface area contributed by atoms with Gasteiger partial charge in [0, 0.05) is 12.6 Å². The fourth-order valence-electron chi connectivity index (χ4n) is 1.78. The van der Waals surface area contributed by atoms with Gasteiger partial charge in [-0.25, -0.2) is 0 Å². The summed E-state index contributed by atoms with van der Waals surface area (Å²) < 4.78 is 5.28. The van der Waals surface area contributed by atoms with Gasteiger partial charge in [-0.2, -0.15) is 0 Å². The fourth-order valence-corrected chi connectivity index (χ4v) is 1.78. The lowest BCUT2D eigenvalue weighted by Gasteiger charge is -2.11. The smallest absolute Gasteiger partial charge is 0.234 e. The number of benzene rings is 1. The number of amides is 1. The summed E-state index contributed by atoms with van der Waals surface area (Å²) in [5.41, 5.74) is 2.25. The number of hydrogen-bond acceptors (Lipinski definition) is 3. The number of hydrogen-bond donors (Lipinski definition) is 2. The zero-order valence-corrected chi connectivity index (χ0v) is 12.2. The van der Waals surface area contributed by atoms with Crippen molar-refractivity contribution < 1.29 is 9.53 Å². The van der Waals surface area contributed by atoms with Crippen LogP contribution in [0.5, 0.6) is 5.75 Å². The van der Waals surface area contributed by atoms with Gasteiger partial charge in [0.15, 0.2) is 0 Å². The van der Waals surface area contributed by atoms with Crippen LogP contribution < -0.4 is 15.4 Å². The first-order chi connectivity index (χ1) is 9.06. The summed E-state index contributed by atoms with van der Waals surface area (Å²) in [6.07, 6.45) is 0.917. The third-order valence-electron chi connectivity index (χ3n) is 2.89. The predicted octanol–water partition coefficient (Wildman–Crippen LogP) is 1.87. The Bertz CT molecular complexity index is 417. The first-order valence-corrected chi connectivity index (χ1v) is 6.72. The van der Waals surface area contributed by atoms with Crippen LogP contribution in [0.15, 0.2) is 18.2 Å². The Balaban J connectivity index is 2.51. The van der Waals surface area contributed by atoms with Gasteiger partial charge in [0.05, 0.1) is 13.7 Å². The first-order valence-electron chi connectivity index (χ1n) is 6.72. The van der Waals surface area contributed by atoms with Gasteiger partial charge in [0.25, 0.3) is 0 Å². The predicted molar refractivity (Wildman–Crippen MR) is 77.4 cm³/mol. The van der Waals surface area contributed by atoms with E-state index in [0.717, 1.165) is 23.3 Å². The molecule has 0 radical (unpaired) electrons. The Morgan fingerprint density at radius 2 is 2.11 bits per heavy atom. The number of carbonyl (C=O) groups excluding carboxylic acids is 1. The summed E-state index contributed by atoms with van der Waals surface area (Å²) in [7, 11) is 1.67. The summed E-state index contributed by atoms with van der Waals surface area (Å²) in [5, 5.41) is 5.99. The van der Waals surface area contributed by atoms with Crippen molar-refractivity contribution >= 4 is 5.91 Å². The van der Waals surface area contributed by atoms with Crippen molar-refractivity contribution in [2.75, 3.05) is 13.7 Å². The van der Waals surface area contributed by atoms with Crippen LogP contribution in [0.2, 0.25) is 0 Å². The van der Waals surface area contributed by atoms with E-state index in [1.54, 1.807) is 7.11 Å². The first kappa shape index (κ1) is 15.5. The van der Waals surface area contributed by atoms with E-state index in [1.807, 2.05) is 26.0 Å². The molecule has 0 bridgehead atoms. The van der Waals surface area contributed by atoms with Crippen molar-refractivity contribution in [3.05, 3.63) is 29.3 Å². The SMILES string of the molecule is CCc1cc(CNC(=O)CNC(C)C)ccc1OC. The summed E-state index contributed by atoms with van der Waals surface area (Å²) in [5.74, 6) is 0.918. The number of nitrogens with one attached hydrogen (secondary N) is 2. The minimum atomic E-state index is 0.0163. The molecule has 0 aliphatic carbocycles. The maximum Gasteiger partial charge on any atom is 0.234 e. The van der Waals surface area contributed by atoms with Crippen LogP contribution in [0.3, 0.4) is 0 Å². The van der Waals surface area contributed by atoms with E-state index < -0.39 is 0 Å². The number of aryl methyl sites for hydroxylation is 1. The zero-order chi connectivity index (χ0) is 14.3. The van der Waals surface area contributed by atoms with Crippen LogP contribution in [0, 0.1) is 0 Å². The monoisotopic (exact) mass is 264 g/mol. The molecule has 106 valence electrons.